The van der Waals surface area contributed by atoms with E-state index < -0.39 is 0 Å². The van der Waals surface area contributed by atoms with Gasteiger partial charge in [-0.2, -0.15) is 0 Å². The maximum Gasteiger partial charge on any atom is 0.149 e. The van der Waals surface area contributed by atoms with Gasteiger partial charge in [0.2, 0.25) is 0 Å². The number of anilines is 1. The lowest BCUT2D eigenvalue weighted by atomic mass is 10.2. The number of aromatic nitrogens is 2. The number of fused-ring (bicyclic) bond motifs is 1. The van der Waals surface area contributed by atoms with Crippen LogP contribution in [0.15, 0.2) is 24.5 Å². The van der Waals surface area contributed by atoms with Gasteiger partial charge in [0.1, 0.15) is 23.5 Å². The summed E-state index contributed by atoms with van der Waals surface area (Å²) >= 11 is 0. The summed E-state index contributed by atoms with van der Waals surface area (Å²) < 4.78 is 13.5. The zero-order chi connectivity index (χ0) is 11.0. The first-order valence-corrected chi connectivity index (χ1v) is 5.47. The predicted molar refractivity (Wildman–Crippen MR) is 60.7 cm³/mol. The number of benzene rings is 1. The standard InChI is InChI=1S/C12H12FN3/c13-10-3-1-2-9-11(10)15-7-16-12(9)14-6-8-4-5-8/h1-3,7-8H,4-6H2,(H,14,15,16). The van der Waals surface area contributed by atoms with Gasteiger partial charge in [0.15, 0.2) is 0 Å². The smallest absolute Gasteiger partial charge is 0.149 e. The van der Waals surface area contributed by atoms with Crippen LogP contribution < -0.4 is 5.32 Å². The van der Waals surface area contributed by atoms with E-state index in [2.05, 4.69) is 15.3 Å². The molecule has 0 aliphatic heterocycles. The number of hydrogen-bond acceptors (Lipinski definition) is 3. The molecule has 2 aromatic rings. The molecule has 16 heavy (non-hydrogen) atoms. The Kier molecular flexibility index (Phi) is 2.20. The average molecular weight is 217 g/mol. The Bertz CT molecular complexity index is 523. The van der Waals surface area contributed by atoms with Gasteiger partial charge < -0.3 is 5.32 Å². The van der Waals surface area contributed by atoms with Crippen LogP contribution in [0.4, 0.5) is 10.2 Å². The van der Waals surface area contributed by atoms with Crippen molar-refractivity contribution in [2.24, 2.45) is 5.92 Å². The van der Waals surface area contributed by atoms with Crippen LogP contribution in [0.2, 0.25) is 0 Å². The molecule has 3 nitrogen and oxygen atoms in total. The summed E-state index contributed by atoms with van der Waals surface area (Å²) in [5, 5.41) is 4.01. The molecular formula is C12H12FN3. The third-order valence-electron chi connectivity index (χ3n) is 2.87. The lowest BCUT2D eigenvalue weighted by Gasteiger charge is -2.07. The topological polar surface area (TPSA) is 37.8 Å². The molecule has 0 amide bonds. The van der Waals surface area contributed by atoms with Crippen LogP contribution in [0, 0.1) is 11.7 Å². The summed E-state index contributed by atoms with van der Waals surface area (Å²) in [5.41, 5.74) is 0.385. The molecule has 0 atom stereocenters. The Morgan fingerprint density at radius 1 is 1.31 bits per heavy atom. The Labute approximate surface area is 92.7 Å². The van der Waals surface area contributed by atoms with Crippen LogP contribution >= 0.6 is 0 Å². The minimum Gasteiger partial charge on any atom is -0.369 e. The second kappa shape index (κ2) is 3.70. The SMILES string of the molecule is Fc1cccc2c(NCC3CC3)ncnc12. The molecule has 0 saturated heterocycles. The molecule has 3 rings (SSSR count). The number of para-hydroxylation sites is 1. The lowest BCUT2D eigenvalue weighted by Crippen LogP contribution is -2.06. The summed E-state index contributed by atoms with van der Waals surface area (Å²) in [6.45, 7) is 0.919. The Balaban J connectivity index is 1.99. The monoisotopic (exact) mass is 217 g/mol. The molecule has 0 radical (unpaired) electrons. The fourth-order valence-corrected chi connectivity index (χ4v) is 1.76. The lowest BCUT2D eigenvalue weighted by molar-refractivity contribution is 0.636. The van der Waals surface area contributed by atoms with Crippen molar-refractivity contribution in [3.05, 3.63) is 30.3 Å². The van der Waals surface area contributed by atoms with Gasteiger partial charge in [-0.15, -0.1) is 0 Å². The van der Waals surface area contributed by atoms with Crippen LogP contribution in [-0.2, 0) is 0 Å². The van der Waals surface area contributed by atoms with E-state index in [1.165, 1.54) is 25.2 Å². The molecule has 1 heterocycles. The summed E-state index contributed by atoms with van der Waals surface area (Å²) in [6, 6.07) is 4.94. The first kappa shape index (κ1) is 9.51. The van der Waals surface area contributed by atoms with Gasteiger partial charge in [-0.1, -0.05) is 6.07 Å². The quantitative estimate of drug-likeness (QED) is 0.858. The van der Waals surface area contributed by atoms with E-state index in [1.807, 2.05) is 6.07 Å². The highest BCUT2D eigenvalue weighted by Gasteiger charge is 2.21. The van der Waals surface area contributed by atoms with Crippen molar-refractivity contribution >= 4 is 16.7 Å². The maximum absolute atomic E-state index is 13.5. The molecule has 1 aliphatic rings. The highest BCUT2D eigenvalue weighted by molar-refractivity contribution is 5.89. The number of nitrogens with one attached hydrogen (secondary N) is 1. The first-order valence-electron chi connectivity index (χ1n) is 5.47. The highest BCUT2D eigenvalue weighted by Crippen LogP contribution is 2.29. The van der Waals surface area contributed by atoms with Crippen molar-refractivity contribution in [2.45, 2.75) is 12.8 Å². The molecule has 1 saturated carbocycles. The van der Waals surface area contributed by atoms with Crippen LogP contribution in [0.25, 0.3) is 10.9 Å². The zero-order valence-electron chi connectivity index (χ0n) is 8.78. The largest absolute Gasteiger partial charge is 0.369 e. The van der Waals surface area contributed by atoms with Gasteiger partial charge in [0.25, 0.3) is 0 Å². The summed E-state index contributed by atoms with van der Waals surface area (Å²) in [7, 11) is 0. The minimum atomic E-state index is -0.297. The van der Waals surface area contributed by atoms with Crippen LogP contribution in [0.1, 0.15) is 12.8 Å². The summed E-state index contributed by atoms with van der Waals surface area (Å²) in [4.78, 5) is 8.12. The van der Waals surface area contributed by atoms with Gasteiger partial charge in [-0.05, 0) is 30.9 Å². The van der Waals surface area contributed by atoms with E-state index in [0.717, 1.165) is 23.7 Å². The van der Waals surface area contributed by atoms with Crippen molar-refractivity contribution in [3.8, 4) is 0 Å². The molecule has 0 spiro atoms. The fourth-order valence-electron chi connectivity index (χ4n) is 1.76. The van der Waals surface area contributed by atoms with Gasteiger partial charge >= 0.3 is 0 Å². The van der Waals surface area contributed by atoms with Gasteiger partial charge in [-0.3, -0.25) is 0 Å². The van der Waals surface area contributed by atoms with Crippen molar-refractivity contribution in [1.29, 1.82) is 0 Å². The molecular weight excluding hydrogens is 205 g/mol. The van der Waals surface area contributed by atoms with Gasteiger partial charge in [-0.25, -0.2) is 14.4 Å². The highest BCUT2D eigenvalue weighted by atomic mass is 19.1. The molecule has 82 valence electrons. The van der Waals surface area contributed by atoms with Crippen LogP contribution in [0.5, 0.6) is 0 Å². The minimum absolute atomic E-state index is 0.297. The first-order chi connectivity index (χ1) is 7.84. The van der Waals surface area contributed by atoms with Crippen molar-refractivity contribution < 1.29 is 4.39 Å². The number of halogens is 1. The Morgan fingerprint density at radius 2 is 2.19 bits per heavy atom. The third-order valence-corrected chi connectivity index (χ3v) is 2.87. The number of rotatable bonds is 3. The van der Waals surface area contributed by atoms with Crippen LogP contribution in [-0.4, -0.2) is 16.5 Å². The second-order valence-electron chi connectivity index (χ2n) is 4.18. The molecule has 0 bridgehead atoms. The molecule has 0 unspecified atom stereocenters. The Hall–Kier alpha value is -1.71. The van der Waals surface area contributed by atoms with E-state index in [0.29, 0.717) is 5.52 Å². The number of nitrogens with zero attached hydrogens (tertiary/aromatic N) is 2. The second-order valence-corrected chi connectivity index (χ2v) is 4.18. The van der Waals surface area contributed by atoms with Crippen molar-refractivity contribution in [2.75, 3.05) is 11.9 Å². The molecule has 1 N–H and O–H groups in total. The van der Waals surface area contributed by atoms with Crippen molar-refractivity contribution in [1.82, 2.24) is 9.97 Å². The molecule has 4 heteroatoms. The normalized spacial score (nSPS) is 15.3. The van der Waals surface area contributed by atoms with Gasteiger partial charge in [0, 0.05) is 11.9 Å². The van der Waals surface area contributed by atoms with E-state index >= 15 is 0 Å². The Morgan fingerprint density at radius 3 is 3.00 bits per heavy atom. The summed E-state index contributed by atoms with van der Waals surface area (Å²) in [5.74, 6) is 1.20. The third kappa shape index (κ3) is 1.71. The average Bonchev–Trinajstić information content (AvgIpc) is 3.11. The molecule has 1 aromatic carbocycles. The van der Waals surface area contributed by atoms with E-state index in [1.54, 1.807) is 6.07 Å². The zero-order valence-corrected chi connectivity index (χ0v) is 8.78. The number of hydrogen-bond donors (Lipinski definition) is 1. The molecule has 1 aliphatic carbocycles. The molecule has 1 fully saturated rings. The van der Waals surface area contributed by atoms with E-state index in [9.17, 15) is 4.39 Å². The predicted octanol–water partition coefficient (Wildman–Crippen LogP) is 2.59. The maximum atomic E-state index is 13.5. The summed E-state index contributed by atoms with van der Waals surface area (Å²) in [6.07, 6.45) is 3.97. The fraction of sp³-hybridized carbons (Fsp3) is 0.333. The van der Waals surface area contributed by atoms with E-state index in [4.69, 9.17) is 0 Å². The van der Waals surface area contributed by atoms with E-state index in [-0.39, 0.29) is 5.82 Å². The van der Waals surface area contributed by atoms with Crippen LogP contribution in [0.3, 0.4) is 0 Å². The van der Waals surface area contributed by atoms with Crippen molar-refractivity contribution in [3.63, 3.8) is 0 Å². The van der Waals surface area contributed by atoms with Gasteiger partial charge in [0.05, 0.1) is 0 Å². The molecule has 1 aromatic heterocycles.